The number of carbonyl (C=O) groups is 1. The van der Waals surface area contributed by atoms with Gasteiger partial charge in [-0.25, -0.2) is 0 Å². The van der Waals surface area contributed by atoms with Crippen LogP contribution < -0.4 is 9.47 Å². The number of benzene rings is 2. The van der Waals surface area contributed by atoms with Crippen LogP contribution in [0.4, 0.5) is 0 Å². The number of rotatable bonds is 6. The van der Waals surface area contributed by atoms with Crippen molar-refractivity contribution in [3.8, 4) is 11.5 Å². The Balaban J connectivity index is 1.27. The van der Waals surface area contributed by atoms with E-state index in [4.69, 9.17) is 25.9 Å². The van der Waals surface area contributed by atoms with E-state index in [1.54, 1.807) is 0 Å². The molecule has 1 saturated carbocycles. The number of halogens is 1. The number of hydrogen-bond acceptors (Lipinski definition) is 5. The fourth-order valence-corrected chi connectivity index (χ4v) is 3.87. The highest BCUT2D eigenvalue weighted by atomic mass is 35.5. The van der Waals surface area contributed by atoms with Crippen LogP contribution in [0.25, 0.3) is 0 Å². The van der Waals surface area contributed by atoms with Gasteiger partial charge < -0.3 is 19.2 Å². The largest absolute Gasteiger partial charge is 0.454 e. The van der Waals surface area contributed by atoms with E-state index in [0.29, 0.717) is 24.5 Å². The summed E-state index contributed by atoms with van der Waals surface area (Å²) in [6.45, 7) is 1.21. The van der Waals surface area contributed by atoms with Gasteiger partial charge in [-0.3, -0.25) is 4.79 Å². The van der Waals surface area contributed by atoms with E-state index in [0.717, 1.165) is 41.2 Å². The quantitative estimate of drug-likeness (QED) is 0.719. The highest BCUT2D eigenvalue weighted by Crippen LogP contribution is 2.35. The number of oxime groups is 1. The van der Waals surface area contributed by atoms with Gasteiger partial charge in [-0.15, -0.1) is 0 Å². The predicted octanol–water partition coefficient (Wildman–Crippen LogP) is 4.00. The van der Waals surface area contributed by atoms with Gasteiger partial charge in [-0.05, 0) is 42.7 Å². The Hall–Kier alpha value is -2.73. The minimum absolute atomic E-state index is 0.133. The third-order valence-corrected chi connectivity index (χ3v) is 5.79. The van der Waals surface area contributed by atoms with Crippen LogP contribution in [0, 0.1) is 5.92 Å². The van der Waals surface area contributed by atoms with Gasteiger partial charge in [0, 0.05) is 29.5 Å². The molecule has 0 aromatic heterocycles. The van der Waals surface area contributed by atoms with Gasteiger partial charge in [0.1, 0.15) is 0 Å². The van der Waals surface area contributed by atoms with E-state index in [1.165, 1.54) is 0 Å². The molecule has 2 aromatic rings. The van der Waals surface area contributed by atoms with E-state index < -0.39 is 0 Å². The first-order valence-electron chi connectivity index (χ1n) is 9.82. The summed E-state index contributed by atoms with van der Waals surface area (Å²) in [4.78, 5) is 20.4. The fourth-order valence-electron chi connectivity index (χ4n) is 3.67. The van der Waals surface area contributed by atoms with Crippen LogP contribution in [0.2, 0.25) is 5.02 Å². The first kappa shape index (κ1) is 18.3. The fraction of sp³-hybridized carbons (Fsp3) is 0.364. The van der Waals surface area contributed by atoms with Crippen molar-refractivity contribution in [1.82, 2.24) is 4.90 Å². The summed E-state index contributed by atoms with van der Waals surface area (Å²) in [5.74, 6) is 1.77. The Labute approximate surface area is 174 Å². The molecule has 1 aliphatic carbocycles. The second kappa shape index (κ2) is 7.59. The maximum atomic E-state index is 12.8. The molecular weight excluding hydrogens is 392 g/mol. The zero-order valence-corrected chi connectivity index (χ0v) is 16.6. The molecule has 1 fully saturated rings. The topological polar surface area (TPSA) is 60.4 Å². The first-order valence-corrected chi connectivity index (χ1v) is 10.2. The smallest absolute Gasteiger partial charge is 0.231 e. The first-order chi connectivity index (χ1) is 14.2. The zero-order valence-electron chi connectivity index (χ0n) is 15.8. The van der Waals surface area contributed by atoms with E-state index in [2.05, 4.69) is 5.16 Å². The van der Waals surface area contributed by atoms with Gasteiger partial charge in [0.15, 0.2) is 17.6 Å². The molecule has 1 unspecified atom stereocenters. The van der Waals surface area contributed by atoms with Crippen molar-refractivity contribution in [3.05, 3.63) is 58.6 Å². The molecule has 2 aromatic carbocycles. The van der Waals surface area contributed by atoms with Crippen molar-refractivity contribution >= 4 is 23.2 Å². The average Bonchev–Trinajstić information content (AvgIpc) is 3.29. The van der Waals surface area contributed by atoms with Gasteiger partial charge in [0.25, 0.3) is 0 Å². The van der Waals surface area contributed by atoms with E-state index in [1.807, 2.05) is 47.4 Å². The SMILES string of the molecule is O=C(C1CC1)N(Cc1ccccc1Cl)CC1CC(c2ccc3c(c2)OCO3)=NO1. The van der Waals surface area contributed by atoms with E-state index in [9.17, 15) is 4.79 Å². The van der Waals surface area contributed by atoms with Crippen molar-refractivity contribution in [3.63, 3.8) is 0 Å². The molecule has 2 heterocycles. The molecule has 150 valence electrons. The molecule has 0 saturated heterocycles. The summed E-state index contributed by atoms with van der Waals surface area (Å²) in [5, 5.41) is 4.94. The number of ether oxygens (including phenoxy) is 2. The van der Waals surface area contributed by atoms with Gasteiger partial charge >= 0.3 is 0 Å². The molecule has 5 rings (SSSR count). The lowest BCUT2D eigenvalue weighted by Crippen LogP contribution is -2.38. The summed E-state index contributed by atoms with van der Waals surface area (Å²) in [6, 6.07) is 13.4. The van der Waals surface area contributed by atoms with Crippen LogP contribution in [0.1, 0.15) is 30.4 Å². The Morgan fingerprint density at radius 3 is 2.79 bits per heavy atom. The van der Waals surface area contributed by atoms with Crippen LogP contribution in [0.15, 0.2) is 47.6 Å². The van der Waals surface area contributed by atoms with Crippen LogP contribution in [-0.4, -0.2) is 36.0 Å². The average molecular weight is 413 g/mol. The van der Waals surface area contributed by atoms with Crippen molar-refractivity contribution in [2.45, 2.75) is 31.9 Å². The molecule has 2 aliphatic heterocycles. The Morgan fingerprint density at radius 1 is 1.14 bits per heavy atom. The lowest BCUT2D eigenvalue weighted by atomic mass is 10.0. The van der Waals surface area contributed by atoms with Crippen LogP contribution in [0.3, 0.4) is 0 Å². The zero-order chi connectivity index (χ0) is 19.8. The van der Waals surface area contributed by atoms with Gasteiger partial charge in [-0.2, -0.15) is 0 Å². The molecule has 0 bridgehead atoms. The van der Waals surface area contributed by atoms with Crippen molar-refractivity contribution in [2.75, 3.05) is 13.3 Å². The Bertz CT molecular complexity index is 973. The monoisotopic (exact) mass is 412 g/mol. The molecule has 1 atom stereocenters. The second-order valence-corrected chi connectivity index (χ2v) is 8.03. The summed E-state index contributed by atoms with van der Waals surface area (Å²) >= 11 is 6.32. The predicted molar refractivity (Wildman–Crippen MR) is 108 cm³/mol. The molecule has 1 amide bonds. The molecule has 29 heavy (non-hydrogen) atoms. The number of amides is 1. The standard InChI is InChI=1S/C22H21ClN2O4/c23-18-4-2-1-3-16(18)11-25(22(26)14-5-6-14)12-17-10-19(24-29-17)15-7-8-20-21(9-15)28-13-27-20/h1-4,7-9,14,17H,5-6,10-13H2. The van der Waals surface area contributed by atoms with Gasteiger partial charge in [0.2, 0.25) is 12.7 Å². The van der Waals surface area contributed by atoms with Crippen molar-refractivity contribution < 1.29 is 19.1 Å². The van der Waals surface area contributed by atoms with Crippen LogP contribution >= 0.6 is 11.6 Å². The lowest BCUT2D eigenvalue weighted by molar-refractivity contribution is -0.135. The number of fused-ring (bicyclic) bond motifs is 1. The third-order valence-electron chi connectivity index (χ3n) is 5.42. The molecule has 7 heteroatoms. The number of hydrogen-bond donors (Lipinski definition) is 0. The van der Waals surface area contributed by atoms with E-state index in [-0.39, 0.29) is 24.7 Å². The summed E-state index contributed by atoms with van der Waals surface area (Å²) < 4.78 is 10.8. The number of carbonyl (C=O) groups excluding carboxylic acids is 1. The Kier molecular flexibility index (Phi) is 4.79. The molecular formula is C22H21ClN2O4. The second-order valence-electron chi connectivity index (χ2n) is 7.62. The van der Waals surface area contributed by atoms with Crippen LogP contribution in [-0.2, 0) is 16.2 Å². The third kappa shape index (κ3) is 3.90. The van der Waals surface area contributed by atoms with Crippen LogP contribution in [0.5, 0.6) is 11.5 Å². The molecule has 0 radical (unpaired) electrons. The molecule has 0 spiro atoms. The minimum atomic E-state index is -0.180. The summed E-state index contributed by atoms with van der Waals surface area (Å²) in [6.07, 6.45) is 2.38. The molecule has 6 nitrogen and oxygen atoms in total. The normalized spacial score (nSPS) is 19.6. The van der Waals surface area contributed by atoms with Gasteiger partial charge in [-0.1, -0.05) is 35.0 Å². The molecule has 3 aliphatic rings. The van der Waals surface area contributed by atoms with E-state index >= 15 is 0 Å². The molecule has 0 N–H and O–H groups in total. The maximum Gasteiger partial charge on any atom is 0.231 e. The highest BCUT2D eigenvalue weighted by Gasteiger charge is 2.36. The van der Waals surface area contributed by atoms with Crippen molar-refractivity contribution in [1.29, 1.82) is 0 Å². The Morgan fingerprint density at radius 2 is 1.97 bits per heavy atom. The van der Waals surface area contributed by atoms with Crippen molar-refractivity contribution in [2.24, 2.45) is 11.1 Å². The summed E-state index contributed by atoms with van der Waals surface area (Å²) in [7, 11) is 0. The van der Waals surface area contributed by atoms with Gasteiger partial charge in [0.05, 0.1) is 12.3 Å². The highest BCUT2D eigenvalue weighted by molar-refractivity contribution is 6.31. The lowest BCUT2D eigenvalue weighted by Gasteiger charge is -2.25. The maximum absolute atomic E-state index is 12.8. The number of nitrogens with zero attached hydrogens (tertiary/aromatic N) is 2. The minimum Gasteiger partial charge on any atom is -0.454 e. The summed E-state index contributed by atoms with van der Waals surface area (Å²) in [5.41, 5.74) is 2.74.